The summed E-state index contributed by atoms with van der Waals surface area (Å²) in [5.74, 6) is -0.217. The van der Waals surface area contributed by atoms with Crippen LogP contribution in [0.2, 0.25) is 0 Å². The summed E-state index contributed by atoms with van der Waals surface area (Å²) in [5, 5.41) is 42.3. The zero-order chi connectivity index (χ0) is 16.1. The number of amides is 2. The van der Waals surface area contributed by atoms with Crippen molar-refractivity contribution >= 4 is 18.2 Å². The van der Waals surface area contributed by atoms with Crippen LogP contribution in [0.25, 0.3) is 0 Å². The molecule has 0 bridgehead atoms. The van der Waals surface area contributed by atoms with Crippen LogP contribution in [0, 0.1) is 10.1 Å². The molecular formula is C10H13N5O7. The first-order valence-electron chi connectivity index (χ1n) is 6.37. The number of carbonyl (C=O) groups excluding carboxylic acids is 1. The number of nitrogens with zero attached hydrogens (tertiary/aromatic N) is 4. The SMILES string of the molecule is O=C1NC2=NC=NC2([N+](=O)[O-])CN1[C@@H]1O[C@H](CO)[C@@H](O)[C@H]1O. The molecule has 12 nitrogen and oxygen atoms in total. The van der Waals surface area contributed by atoms with Crippen LogP contribution in [-0.4, -0.2) is 86.7 Å². The second kappa shape index (κ2) is 4.95. The molecule has 22 heavy (non-hydrogen) atoms. The summed E-state index contributed by atoms with van der Waals surface area (Å²) in [4.78, 5) is 30.9. The molecule has 3 aliphatic heterocycles. The first kappa shape index (κ1) is 14.8. The van der Waals surface area contributed by atoms with Crippen LogP contribution in [0.1, 0.15) is 0 Å². The van der Waals surface area contributed by atoms with E-state index >= 15 is 0 Å². The first-order chi connectivity index (χ1) is 10.4. The molecule has 2 saturated heterocycles. The second-order valence-corrected chi connectivity index (χ2v) is 5.08. The van der Waals surface area contributed by atoms with Crippen molar-refractivity contribution in [3.63, 3.8) is 0 Å². The van der Waals surface area contributed by atoms with Gasteiger partial charge in [0.1, 0.15) is 31.2 Å². The average molecular weight is 315 g/mol. The van der Waals surface area contributed by atoms with Gasteiger partial charge >= 0.3 is 11.7 Å². The number of aliphatic imine (C=N–C) groups is 2. The van der Waals surface area contributed by atoms with Gasteiger partial charge in [0.2, 0.25) is 5.84 Å². The van der Waals surface area contributed by atoms with Crippen LogP contribution >= 0.6 is 0 Å². The topological polar surface area (TPSA) is 170 Å². The van der Waals surface area contributed by atoms with Gasteiger partial charge in [-0.05, 0) is 0 Å². The van der Waals surface area contributed by atoms with Crippen molar-refractivity contribution in [1.82, 2.24) is 10.2 Å². The highest BCUT2D eigenvalue weighted by molar-refractivity contribution is 6.09. The van der Waals surface area contributed by atoms with Gasteiger partial charge in [-0.15, -0.1) is 0 Å². The Kier molecular flexibility index (Phi) is 3.32. The lowest BCUT2D eigenvalue weighted by atomic mass is 10.1. The standard InChI is InChI=1S/C10H13N5O7/c16-1-4-5(17)6(18)7(22-4)14-2-10(15(20)21)8(11-3-12-10)13-9(14)19/h3-7,16-18H,1-2H2,(H,11,12,13,19)/t4-,5-,6-,7-,10?/m1/s1. The molecular weight excluding hydrogens is 302 g/mol. The second-order valence-electron chi connectivity index (χ2n) is 5.08. The highest BCUT2D eigenvalue weighted by Crippen LogP contribution is 2.30. The number of carbonyl (C=O) groups is 1. The number of urea groups is 1. The largest absolute Gasteiger partial charge is 0.394 e. The van der Waals surface area contributed by atoms with Gasteiger partial charge in [-0.3, -0.25) is 20.3 Å². The number of aliphatic hydroxyl groups excluding tert-OH is 3. The van der Waals surface area contributed by atoms with Gasteiger partial charge in [0.15, 0.2) is 6.23 Å². The average Bonchev–Trinajstić information content (AvgIpc) is 3.01. The number of hydrogen-bond acceptors (Lipinski definition) is 9. The Morgan fingerprint density at radius 3 is 2.86 bits per heavy atom. The van der Waals surface area contributed by atoms with Crippen molar-refractivity contribution < 1.29 is 29.8 Å². The van der Waals surface area contributed by atoms with E-state index in [0.717, 1.165) is 11.2 Å². The Labute approximate surface area is 122 Å². The van der Waals surface area contributed by atoms with E-state index in [4.69, 9.17) is 9.84 Å². The molecule has 0 aromatic carbocycles. The molecule has 120 valence electrons. The Hall–Kier alpha value is -2.15. The maximum absolute atomic E-state index is 12.1. The number of aliphatic hydroxyl groups is 3. The summed E-state index contributed by atoms with van der Waals surface area (Å²) in [6.07, 6.45) is -4.41. The minimum absolute atomic E-state index is 0.217. The van der Waals surface area contributed by atoms with Gasteiger partial charge in [-0.25, -0.2) is 9.79 Å². The quantitative estimate of drug-likeness (QED) is 0.315. The molecule has 3 aliphatic rings. The smallest absolute Gasteiger partial charge is 0.389 e. The van der Waals surface area contributed by atoms with Gasteiger partial charge < -0.3 is 20.1 Å². The van der Waals surface area contributed by atoms with Crippen molar-refractivity contribution in [3.8, 4) is 0 Å². The van der Waals surface area contributed by atoms with E-state index in [-0.39, 0.29) is 5.84 Å². The van der Waals surface area contributed by atoms with Crippen LogP contribution in [0.15, 0.2) is 9.98 Å². The molecule has 0 saturated carbocycles. The molecule has 2 fully saturated rings. The molecule has 4 N–H and O–H groups in total. The number of fused-ring (bicyclic) bond motifs is 1. The maximum Gasteiger partial charge on any atom is 0.389 e. The van der Waals surface area contributed by atoms with E-state index < -0.39 is 54.3 Å². The minimum Gasteiger partial charge on any atom is -0.394 e. The Morgan fingerprint density at radius 1 is 1.55 bits per heavy atom. The lowest BCUT2D eigenvalue weighted by Gasteiger charge is -2.37. The van der Waals surface area contributed by atoms with E-state index in [9.17, 15) is 25.1 Å². The number of rotatable bonds is 3. The van der Waals surface area contributed by atoms with Gasteiger partial charge in [-0.2, -0.15) is 4.99 Å². The lowest BCUT2D eigenvalue weighted by molar-refractivity contribution is -0.546. The normalized spacial score (nSPS) is 40.4. The van der Waals surface area contributed by atoms with Crippen LogP contribution in [0.3, 0.4) is 0 Å². The highest BCUT2D eigenvalue weighted by atomic mass is 16.6. The van der Waals surface area contributed by atoms with Crippen molar-refractivity contribution in [3.05, 3.63) is 10.1 Å². The van der Waals surface area contributed by atoms with Crippen molar-refractivity contribution in [1.29, 1.82) is 0 Å². The van der Waals surface area contributed by atoms with Crippen molar-refractivity contribution in [2.45, 2.75) is 30.2 Å². The summed E-state index contributed by atoms with van der Waals surface area (Å²) < 4.78 is 5.22. The summed E-state index contributed by atoms with van der Waals surface area (Å²) in [6, 6.07) is -0.781. The first-order valence-corrected chi connectivity index (χ1v) is 6.37. The van der Waals surface area contributed by atoms with E-state index in [1.165, 1.54) is 0 Å². The third kappa shape index (κ3) is 1.89. The van der Waals surface area contributed by atoms with E-state index in [0.29, 0.717) is 0 Å². The molecule has 0 aromatic heterocycles. The number of amidine groups is 1. The molecule has 0 aromatic rings. The van der Waals surface area contributed by atoms with Crippen LogP contribution < -0.4 is 5.32 Å². The third-order valence-electron chi connectivity index (χ3n) is 3.84. The van der Waals surface area contributed by atoms with Gasteiger partial charge in [0.05, 0.1) is 11.5 Å². The molecule has 3 heterocycles. The number of hydrogen-bond donors (Lipinski definition) is 4. The molecule has 12 heteroatoms. The zero-order valence-corrected chi connectivity index (χ0v) is 11.1. The lowest BCUT2D eigenvalue weighted by Crippen LogP contribution is -2.68. The number of ether oxygens (including phenoxy) is 1. The number of nitro groups is 1. The molecule has 2 amide bonds. The summed E-state index contributed by atoms with van der Waals surface area (Å²) in [6.45, 7) is -1.09. The third-order valence-corrected chi connectivity index (χ3v) is 3.84. The van der Waals surface area contributed by atoms with Crippen molar-refractivity contribution in [2.75, 3.05) is 13.2 Å². The zero-order valence-electron chi connectivity index (χ0n) is 11.1. The Morgan fingerprint density at radius 2 is 2.27 bits per heavy atom. The van der Waals surface area contributed by atoms with Crippen LogP contribution in [0.5, 0.6) is 0 Å². The monoisotopic (exact) mass is 315 g/mol. The number of nitrogens with one attached hydrogen (secondary N) is 1. The van der Waals surface area contributed by atoms with E-state index in [2.05, 4.69) is 15.3 Å². The van der Waals surface area contributed by atoms with Crippen molar-refractivity contribution in [2.24, 2.45) is 9.98 Å². The van der Waals surface area contributed by atoms with Crippen LogP contribution in [0.4, 0.5) is 4.79 Å². The molecule has 3 rings (SSSR count). The van der Waals surface area contributed by atoms with E-state index in [1.54, 1.807) is 0 Å². The van der Waals surface area contributed by atoms with E-state index in [1.807, 2.05) is 0 Å². The van der Waals surface area contributed by atoms with Gasteiger partial charge in [0, 0.05) is 0 Å². The highest BCUT2D eigenvalue weighted by Gasteiger charge is 2.60. The minimum atomic E-state index is -1.99. The Bertz CT molecular complexity index is 580. The molecule has 0 radical (unpaired) electrons. The predicted octanol–water partition coefficient (Wildman–Crippen LogP) is -3.14. The molecule has 1 unspecified atom stereocenters. The van der Waals surface area contributed by atoms with Gasteiger partial charge in [-0.1, -0.05) is 0 Å². The fraction of sp³-hybridized carbons (Fsp3) is 0.700. The Balaban J connectivity index is 1.89. The summed E-state index contributed by atoms with van der Waals surface area (Å²) >= 11 is 0. The molecule has 0 aliphatic carbocycles. The van der Waals surface area contributed by atoms with Crippen LogP contribution in [-0.2, 0) is 4.74 Å². The molecule has 5 atom stereocenters. The molecule has 0 spiro atoms. The predicted molar refractivity (Wildman–Crippen MR) is 68.7 cm³/mol. The summed E-state index contributed by atoms with van der Waals surface area (Å²) in [5.41, 5.74) is -1.99. The fourth-order valence-electron chi connectivity index (χ4n) is 2.61. The summed E-state index contributed by atoms with van der Waals surface area (Å²) in [7, 11) is 0. The maximum atomic E-state index is 12.1. The van der Waals surface area contributed by atoms with Gasteiger partial charge in [0.25, 0.3) is 0 Å². The fourth-order valence-corrected chi connectivity index (χ4v) is 2.61.